The molecule has 0 atom stereocenters. The third kappa shape index (κ3) is 5.18. The molecule has 4 rings (SSSR count). The average molecular weight is 493 g/mol. The number of aromatic nitrogens is 2. The van der Waals surface area contributed by atoms with E-state index in [1.165, 1.54) is 16.7 Å². The van der Waals surface area contributed by atoms with Crippen molar-refractivity contribution in [1.29, 1.82) is 0 Å². The Bertz CT molecular complexity index is 1110. The molecule has 0 bridgehead atoms. The highest BCUT2D eigenvalue weighted by molar-refractivity contribution is 9.10. The van der Waals surface area contributed by atoms with Crippen LogP contribution in [0.15, 0.2) is 53.0 Å². The van der Waals surface area contributed by atoms with Gasteiger partial charge < -0.3 is 9.80 Å². The summed E-state index contributed by atoms with van der Waals surface area (Å²) in [6.07, 6.45) is 1.71. The second-order valence-electron chi connectivity index (χ2n) is 8.46. The van der Waals surface area contributed by atoms with Crippen molar-refractivity contribution in [3.05, 3.63) is 86.8 Å². The predicted octanol–water partition coefficient (Wildman–Crippen LogP) is 5.11. The first-order valence-corrected chi connectivity index (χ1v) is 11.9. The summed E-state index contributed by atoms with van der Waals surface area (Å²) in [4.78, 5) is 26.9. The van der Waals surface area contributed by atoms with Crippen molar-refractivity contribution in [1.82, 2.24) is 14.9 Å². The van der Waals surface area contributed by atoms with Gasteiger partial charge in [-0.3, -0.25) is 4.79 Å². The lowest BCUT2D eigenvalue weighted by molar-refractivity contribution is 0.0767. The molecule has 32 heavy (non-hydrogen) atoms. The van der Waals surface area contributed by atoms with Crippen LogP contribution in [0.2, 0.25) is 0 Å². The van der Waals surface area contributed by atoms with Crippen LogP contribution in [0.4, 0.5) is 5.82 Å². The molecule has 1 aromatic heterocycles. The predicted molar refractivity (Wildman–Crippen MR) is 132 cm³/mol. The minimum atomic E-state index is 0.0862. The van der Waals surface area contributed by atoms with E-state index in [0.717, 1.165) is 59.8 Å². The number of nitrogens with zero attached hydrogens (tertiary/aromatic N) is 4. The first-order chi connectivity index (χ1) is 15.4. The Morgan fingerprint density at radius 2 is 1.75 bits per heavy atom. The van der Waals surface area contributed by atoms with Crippen molar-refractivity contribution in [2.45, 2.75) is 33.6 Å². The van der Waals surface area contributed by atoms with E-state index in [1.807, 2.05) is 36.1 Å². The molecule has 2 heterocycles. The van der Waals surface area contributed by atoms with Crippen LogP contribution < -0.4 is 4.90 Å². The molecule has 0 spiro atoms. The van der Waals surface area contributed by atoms with Crippen LogP contribution in [0.5, 0.6) is 0 Å². The van der Waals surface area contributed by atoms with Crippen LogP contribution >= 0.6 is 15.9 Å². The van der Waals surface area contributed by atoms with Gasteiger partial charge >= 0.3 is 0 Å². The van der Waals surface area contributed by atoms with Crippen LogP contribution in [0.25, 0.3) is 0 Å². The van der Waals surface area contributed by atoms with E-state index in [1.54, 1.807) is 0 Å². The second-order valence-corrected chi connectivity index (χ2v) is 9.38. The van der Waals surface area contributed by atoms with Gasteiger partial charge in [0.2, 0.25) is 0 Å². The number of amides is 1. The first kappa shape index (κ1) is 22.5. The van der Waals surface area contributed by atoms with Gasteiger partial charge in [-0.15, -0.1) is 0 Å². The lowest BCUT2D eigenvalue weighted by atomic mass is 10.0. The van der Waals surface area contributed by atoms with Crippen molar-refractivity contribution in [3.63, 3.8) is 0 Å². The van der Waals surface area contributed by atoms with Gasteiger partial charge in [0.1, 0.15) is 11.6 Å². The number of carbonyl (C=O) groups is 1. The molecule has 1 aliphatic rings. The van der Waals surface area contributed by atoms with Crippen LogP contribution in [-0.4, -0.2) is 47.0 Å². The summed E-state index contributed by atoms with van der Waals surface area (Å²) in [5.74, 6) is 1.88. The Morgan fingerprint density at radius 3 is 2.50 bits per heavy atom. The monoisotopic (exact) mass is 492 g/mol. The van der Waals surface area contributed by atoms with Gasteiger partial charge in [-0.25, -0.2) is 9.97 Å². The third-order valence-corrected chi connectivity index (χ3v) is 6.45. The van der Waals surface area contributed by atoms with Gasteiger partial charge in [-0.2, -0.15) is 0 Å². The molecule has 0 radical (unpaired) electrons. The average Bonchev–Trinajstić information content (AvgIpc) is 3.02. The van der Waals surface area contributed by atoms with Crippen LogP contribution in [0, 0.1) is 20.8 Å². The van der Waals surface area contributed by atoms with Gasteiger partial charge in [0.25, 0.3) is 5.91 Å². The van der Waals surface area contributed by atoms with Gasteiger partial charge in [0.15, 0.2) is 0 Å². The summed E-state index contributed by atoms with van der Waals surface area (Å²) < 4.78 is 0.924. The van der Waals surface area contributed by atoms with Gasteiger partial charge in [-0.05, 0) is 51.0 Å². The first-order valence-electron chi connectivity index (χ1n) is 11.1. The fourth-order valence-electron chi connectivity index (χ4n) is 4.23. The van der Waals surface area contributed by atoms with E-state index >= 15 is 0 Å². The van der Waals surface area contributed by atoms with Crippen molar-refractivity contribution < 1.29 is 4.79 Å². The molecule has 2 aromatic carbocycles. The zero-order valence-corrected chi connectivity index (χ0v) is 20.5. The number of hydrogen-bond donors (Lipinski definition) is 0. The van der Waals surface area contributed by atoms with E-state index in [0.29, 0.717) is 6.54 Å². The number of halogens is 1. The molecule has 0 unspecified atom stereocenters. The smallest absolute Gasteiger partial charge is 0.253 e. The fraction of sp³-hybridized carbons (Fsp3) is 0.346. The Hall–Kier alpha value is -2.73. The molecular weight excluding hydrogens is 464 g/mol. The largest absolute Gasteiger partial charge is 0.354 e. The summed E-state index contributed by atoms with van der Waals surface area (Å²) in [6, 6.07) is 16.3. The van der Waals surface area contributed by atoms with E-state index in [4.69, 9.17) is 4.98 Å². The second kappa shape index (κ2) is 9.82. The third-order valence-electron chi connectivity index (χ3n) is 5.96. The Morgan fingerprint density at radius 1 is 0.969 bits per heavy atom. The highest BCUT2D eigenvalue weighted by Gasteiger charge is 2.23. The van der Waals surface area contributed by atoms with Gasteiger partial charge in [-0.1, -0.05) is 51.8 Å². The number of aryl methyl sites for hydroxylation is 3. The molecule has 0 saturated carbocycles. The van der Waals surface area contributed by atoms with Crippen LogP contribution in [0.3, 0.4) is 0 Å². The number of carbonyl (C=O) groups excluding carboxylic acids is 1. The highest BCUT2D eigenvalue weighted by Crippen LogP contribution is 2.26. The van der Waals surface area contributed by atoms with E-state index in [2.05, 4.69) is 63.9 Å². The normalized spacial score (nSPS) is 14.4. The molecule has 3 aromatic rings. The molecular formula is C26H29BrN4O. The zero-order valence-electron chi connectivity index (χ0n) is 18.9. The van der Waals surface area contributed by atoms with Gasteiger partial charge in [0.05, 0.1) is 0 Å². The van der Waals surface area contributed by atoms with Crippen molar-refractivity contribution in [3.8, 4) is 0 Å². The summed E-state index contributed by atoms with van der Waals surface area (Å²) in [6.45, 7) is 9.19. The summed E-state index contributed by atoms with van der Waals surface area (Å²) in [7, 11) is 0. The maximum absolute atomic E-state index is 13.1. The lowest BCUT2D eigenvalue weighted by Crippen LogP contribution is -2.35. The number of rotatable bonds is 4. The van der Waals surface area contributed by atoms with E-state index in [-0.39, 0.29) is 5.91 Å². The number of anilines is 1. The molecule has 1 saturated heterocycles. The summed E-state index contributed by atoms with van der Waals surface area (Å²) >= 11 is 3.47. The van der Waals surface area contributed by atoms with Crippen LogP contribution in [-0.2, 0) is 6.42 Å². The number of benzene rings is 2. The van der Waals surface area contributed by atoms with Crippen molar-refractivity contribution >= 4 is 27.7 Å². The van der Waals surface area contributed by atoms with Crippen molar-refractivity contribution in [2.24, 2.45) is 0 Å². The molecule has 1 aliphatic heterocycles. The minimum absolute atomic E-state index is 0.0862. The zero-order chi connectivity index (χ0) is 22.7. The topological polar surface area (TPSA) is 49.3 Å². The van der Waals surface area contributed by atoms with Gasteiger partial charge in [0, 0.05) is 53.9 Å². The van der Waals surface area contributed by atoms with Crippen LogP contribution in [0.1, 0.15) is 45.0 Å². The molecule has 6 heteroatoms. The maximum Gasteiger partial charge on any atom is 0.253 e. The fourth-order valence-corrected chi connectivity index (χ4v) is 4.63. The molecule has 166 valence electrons. The Labute approximate surface area is 198 Å². The van der Waals surface area contributed by atoms with E-state index < -0.39 is 0 Å². The minimum Gasteiger partial charge on any atom is -0.354 e. The Kier molecular flexibility index (Phi) is 6.89. The molecule has 1 amide bonds. The number of hydrogen-bond acceptors (Lipinski definition) is 4. The molecule has 0 N–H and O–H groups in total. The summed E-state index contributed by atoms with van der Waals surface area (Å²) in [5.41, 5.74) is 5.44. The standard InChI is InChI=1S/C26H29BrN4O/c1-18-8-10-21(11-9-18)16-24-19(2)28-20(3)29-25(24)30-12-5-13-31(15-14-30)26(32)22-6-4-7-23(27)17-22/h4,6-11,17H,5,12-16H2,1-3H3. The maximum atomic E-state index is 13.1. The quantitative estimate of drug-likeness (QED) is 0.507. The molecule has 0 aliphatic carbocycles. The molecule has 5 nitrogen and oxygen atoms in total. The highest BCUT2D eigenvalue weighted by atomic mass is 79.9. The van der Waals surface area contributed by atoms with E-state index in [9.17, 15) is 4.79 Å². The van der Waals surface area contributed by atoms with Crippen molar-refractivity contribution in [2.75, 3.05) is 31.1 Å². The SMILES string of the molecule is Cc1ccc(Cc2c(C)nc(C)nc2N2CCCN(C(=O)c3cccc(Br)c3)CC2)cc1. The lowest BCUT2D eigenvalue weighted by Gasteiger charge is -2.26. The summed E-state index contributed by atoms with van der Waals surface area (Å²) in [5, 5.41) is 0. The Balaban J connectivity index is 1.56. The molecule has 1 fully saturated rings.